The molecule has 5 nitrogen and oxygen atoms in total. The lowest BCUT2D eigenvalue weighted by Gasteiger charge is -2.04. The summed E-state index contributed by atoms with van der Waals surface area (Å²) < 4.78 is 19.9. The molecule has 0 amide bonds. The number of aromatic nitrogens is 3. The van der Waals surface area contributed by atoms with Crippen molar-refractivity contribution in [3.05, 3.63) is 60.6 Å². The summed E-state index contributed by atoms with van der Waals surface area (Å²) in [6.07, 6.45) is 1.56. The fraction of sp³-hybridized carbons (Fsp3) is 0. The minimum Gasteiger partial charge on any atom is -0.461 e. The van der Waals surface area contributed by atoms with Crippen molar-refractivity contribution in [2.24, 2.45) is 0 Å². The van der Waals surface area contributed by atoms with Gasteiger partial charge in [-0.05, 0) is 47.5 Å². The van der Waals surface area contributed by atoms with Crippen LogP contribution in [0.1, 0.15) is 0 Å². The van der Waals surface area contributed by atoms with Crippen LogP contribution in [0.25, 0.3) is 28.4 Å². The van der Waals surface area contributed by atoms with Crippen molar-refractivity contribution in [2.75, 3.05) is 5.73 Å². The highest BCUT2D eigenvalue weighted by Crippen LogP contribution is 2.25. The number of halogens is 1. The summed E-state index contributed by atoms with van der Waals surface area (Å²) >= 11 is 0. The Hall–Kier alpha value is -3.15. The number of furan rings is 1. The highest BCUT2D eigenvalue weighted by atomic mass is 19.1. The van der Waals surface area contributed by atoms with E-state index in [9.17, 15) is 4.39 Å². The van der Waals surface area contributed by atoms with Crippen LogP contribution in [0.5, 0.6) is 0 Å². The lowest BCUT2D eigenvalue weighted by molar-refractivity contribution is 0.577. The minimum atomic E-state index is -0.277. The van der Waals surface area contributed by atoms with Gasteiger partial charge in [0.2, 0.25) is 5.82 Å². The van der Waals surface area contributed by atoms with Crippen LogP contribution in [-0.2, 0) is 0 Å². The van der Waals surface area contributed by atoms with E-state index in [1.165, 1.54) is 12.1 Å². The van der Waals surface area contributed by atoms with Crippen LogP contribution < -0.4 is 5.73 Å². The van der Waals surface area contributed by atoms with Crippen molar-refractivity contribution in [2.45, 2.75) is 0 Å². The van der Waals surface area contributed by atoms with Crippen LogP contribution in [0.4, 0.5) is 10.2 Å². The number of benzene rings is 1. The zero-order valence-corrected chi connectivity index (χ0v) is 11.4. The van der Waals surface area contributed by atoms with Gasteiger partial charge in [-0.1, -0.05) is 12.1 Å². The second kappa shape index (κ2) is 4.70. The van der Waals surface area contributed by atoms with Gasteiger partial charge in [0.1, 0.15) is 11.6 Å². The predicted molar refractivity (Wildman–Crippen MR) is 80.5 cm³/mol. The maximum Gasteiger partial charge on any atom is 0.217 e. The second-order valence-electron chi connectivity index (χ2n) is 4.86. The summed E-state index contributed by atoms with van der Waals surface area (Å²) in [7, 11) is 0. The van der Waals surface area contributed by atoms with Crippen LogP contribution in [0.2, 0.25) is 0 Å². The van der Waals surface area contributed by atoms with Crippen molar-refractivity contribution < 1.29 is 8.81 Å². The molecule has 0 atom stereocenters. The molecule has 0 fully saturated rings. The van der Waals surface area contributed by atoms with E-state index in [4.69, 9.17) is 10.2 Å². The van der Waals surface area contributed by atoms with Crippen molar-refractivity contribution in [1.29, 1.82) is 0 Å². The molecular weight excluding hydrogens is 283 g/mol. The molecule has 0 unspecified atom stereocenters. The van der Waals surface area contributed by atoms with Gasteiger partial charge >= 0.3 is 0 Å². The molecule has 4 rings (SSSR count). The first kappa shape index (κ1) is 12.6. The quantitative estimate of drug-likeness (QED) is 0.615. The first-order valence-electron chi connectivity index (χ1n) is 6.67. The monoisotopic (exact) mass is 294 g/mol. The van der Waals surface area contributed by atoms with Crippen LogP contribution in [-0.4, -0.2) is 14.6 Å². The Morgan fingerprint density at radius 1 is 1.05 bits per heavy atom. The van der Waals surface area contributed by atoms with E-state index < -0.39 is 0 Å². The summed E-state index contributed by atoms with van der Waals surface area (Å²) in [6.45, 7) is 0. The highest BCUT2D eigenvalue weighted by molar-refractivity contribution is 5.71. The summed E-state index contributed by atoms with van der Waals surface area (Å²) in [5, 5.41) is 4.33. The van der Waals surface area contributed by atoms with E-state index in [1.54, 1.807) is 41.1 Å². The Bertz CT molecular complexity index is 942. The lowest BCUT2D eigenvalue weighted by atomic mass is 10.1. The molecule has 1 aromatic carbocycles. The maximum absolute atomic E-state index is 13.0. The van der Waals surface area contributed by atoms with E-state index in [-0.39, 0.29) is 5.82 Å². The van der Waals surface area contributed by atoms with Crippen molar-refractivity contribution in [3.63, 3.8) is 0 Å². The number of nitrogen functional groups attached to an aromatic ring is 1. The lowest BCUT2D eigenvalue weighted by Crippen LogP contribution is -1.99. The number of rotatable bonds is 2. The molecule has 22 heavy (non-hydrogen) atoms. The first-order valence-corrected chi connectivity index (χ1v) is 6.67. The van der Waals surface area contributed by atoms with Gasteiger partial charge in [0.05, 0.1) is 6.26 Å². The zero-order chi connectivity index (χ0) is 15.1. The fourth-order valence-corrected chi connectivity index (χ4v) is 2.33. The largest absolute Gasteiger partial charge is 0.461 e. The SMILES string of the molecule is Nc1cc(-c2ccc(F)cc2)cc2nc(-c3ccco3)nn12. The molecule has 0 saturated carbocycles. The number of pyridine rings is 1. The van der Waals surface area contributed by atoms with Gasteiger partial charge in [0, 0.05) is 0 Å². The van der Waals surface area contributed by atoms with Crippen LogP contribution >= 0.6 is 0 Å². The van der Waals surface area contributed by atoms with Crippen LogP contribution in [0.3, 0.4) is 0 Å². The van der Waals surface area contributed by atoms with E-state index >= 15 is 0 Å². The molecule has 0 aliphatic rings. The number of hydrogen-bond acceptors (Lipinski definition) is 4. The van der Waals surface area contributed by atoms with Crippen molar-refractivity contribution in [1.82, 2.24) is 14.6 Å². The molecule has 0 radical (unpaired) electrons. The van der Waals surface area contributed by atoms with Gasteiger partial charge in [-0.15, -0.1) is 5.10 Å². The van der Waals surface area contributed by atoms with Gasteiger partial charge in [-0.2, -0.15) is 4.52 Å². The van der Waals surface area contributed by atoms with Gasteiger partial charge in [-0.3, -0.25) is 0 Å². The molecule has 3 heterocycles. The molecule has 108 valence electrons. The number of fused-ring (bicyclic) bond motifs is 1. The molecule has 0 bridgehead atoms. The molecule has 2 N–H and O–H groups in total. The van der Waals surface area contributed by atoms with E-state index in [0.29, 0.717) is 23.0 Å². The Balaban J connectivity index is 1.87. The average Bonchev–Trinajstić information content (AvgIpc) is 3.17. The zero-order valence-electron chi connectivity index (χ0n) is 11.4. The maximum atomic E-state index is 13.0. The van der Waals surface area contributed by atoms with Gasteiger partial charge < -0.3 is 10.2 Å². The molecule has 0 saturated heterocycles. The summed E-state index contributed by atoms with van der Waals surface area (Å²) in [4.78, 5) is 4.42. The van der Waals surface area contributed by atoms with Gasteiger partial charge in [0.25, 0.3) is 0 Å². The molecular formula is C16H11FN4O. The molecule has 0 aliphatic heterocycles. The molecule has 3 aromatic heterocycles. The Kier molecular flexibility index (Phi) is 2.69. The summed E-state index contributed by atoms with van der Waals surface area (Å²) in [6, 6.07) is 13.4. The molecule has 6 heteroatoms. The van der Waals surface area contributed by atoms with Crippen molar-refractivity contribution >= 4 is 11.5 Å². The van der Waals surface area contributed by atoms with E-state index in [1.807, 2.05) is 6.07 Å². The Morgan fingerprint density at radius 3 is 2.59 bits per heavy atom. The van der Waals surface area contributed by atoms with Crippen LogP contribution in [0.15, 0.2) is 59.2 Å². The third-order valence-corrected chi connectivity index (χ3v) is 3.38. The second-order valence-corrected chi connectivity index (χ2v) is 4.86. The number of nitrogens with two attached hydrogens (primary N) is 1. The van der Waals surface area contributed by atoms with E-state index in [2.05, 4.69) is 10.1 Å². The third kappa shape index (κ3) is 2.01. The predicted octanol–water partition coefficient (Wildman–Crippen LogP) is 3.38. The normalized spacial score (nSPS) is 11.1. The van der Waals surface area contributed by atoms with Crippen molar-refractivity contribution in [3.8, 4) is 22.7 Å². The summed E-state index contributed by atoms with van der Waals surface area (Å²) in [5.74, 6) is 1.21. The number of hydrogen-bond donors (Lipinski definition) is 1. The molecule has 0 aliphatic carbocycles. The molecule has 0 spiro atoms. The fourth-order valence-electron chi connectivity index (χ4n) is 2.33. The highest BCUT2D eigenvalue weighted by Gasteiger charge is 2.12. The van der Waals surface area contributed by atoms with Gasteiger partial charge in [-0.25, -0.2) is 9.37 Å². The van der Waals surface area contributed by atoms with E-state index in [0.717, 1.165) is 11.1 Å². The van der Waals surface area contributed by atoms with Gasteiger partial charge in [0.15, 0.2) is 11.4 Å². The molecule has 4 aromatic rings. The standard InChI is InChI=1S/C16H11FN4O/c17-12-5-3-10(4-6-12)11-8-14(18)21-15(9-11)19-16(20-21)13-2-1-7-22-13/h1-9H,18H2. The smallest absolute Gasteiger partial charge is 0.217 e. The van der Waals surface area contributed by atoms with Crippen LogP contribution in [0, 0.1) is 5.82 Å². The summed E-state index contributed by atoms with van der Waals surface area (Å²) in [5.41, 5.74) is 8.36. The first-order chi connectivity index (χ1) is 10.7. The third-order valence-electron chi connectivity index (χ3n) is 3.38. The number of anilines is 1. The average molecular weight is 294 g/mol. The number of nitrogens with zero attached hydrogens (tertiary/aromatic N) is 3. The minimum absolute atomic E-state index is 0.277. The topological polar surface area (TPSA) is 69.3 Å². The Labute approximate surface area is 124 Å². The Morgan fingerprint density at radius 2 is 1.86 bits per heavy atom.